The number of likely N-dealkylation sites (tertiary alicyclic amines) is 1. The summed E-state index contributed by atoms with van der Waals surface area (Å²) in [5.74, 6) is 1.61. The number of pyridine rings is 1. The van der Waals surface area contributed by atoms with Crippen LogP contribution in [0.25, 0.3) is 0 Å². The molecule has 0 saturated carbocycles. The van der Waals surface area contributed by atoms with Crippen molar-refractivity contribution in [3.8, 4) is 6.07 Å². The van der Waals surface area contributed by atoms with Gasteiger partial charge >= 0.3 is 0 Å². The van der Waals surface area contributed by atoms with E-state index in [1.807, 2.05) is 11.0 Å². The first-order valence-electron chi connectivity index (χ1n) is 8.92. The van der Waals surface area contributed by atoms with Crippen LogP contribution in [-0.4, -0.2) is 73.2 Å². The number of nitrogens with zero attached hydrogens (tertiary/aromatic N) is 4. The van der Waals surface area contributed by atoms with E-state index in [1.54, 1.807) is 12.3 Å². The molecule has 3 rings (SSSR count). The van der Waals surface area contributed by atoms with Crippen molar-refractivity contribution >= 4 is 11.7 Å². The maximum atomic E-state index is 12.2. The van der Waals surface area contributed by atoms with Crippen molar-refractivity contribution in [2.75, 3.05) is 57.8 Å². The number of rotatable bonds is 6. The van der Waals surface area contributed by atoms with Gasteiger partial charge in [-0.15, -0.1) is 0 Å². The fourth-order valence-electron chi connectivity index (χ4n) is 3.32. The third-order valence-corrected chi connectivity index (χ3v) is 4.84. The van der Waals surface area contributed by atoms with Crippen LogP contribution in [0.5, 0.6) is 0 Å². The lowest BCUT2D eigenvalue weighted by Crippen LogP contribution is -2.41. The summed E-state index contributed by atoms with van der Waals surface area (Å²) in [4.78, 5) is 20.7. The van der Waals surface area contributed by atoms with E-state index in [-0.39, 0.29) is 5.91 Å². The second kappa shape index (κ2) is 8.79. The highest BCUT2D eigenvalue weighted by Crippen LogP contribution is 2.17. The molecule has 0 radical (unpaired) electrons. The molecule has 0 aliphatic carbocycles. The van der Waals surface area contributed by atoms with Crippen LogP contribution in [0.15, 0.2) is 18.3 Å². The molecule has 0 spiro atoms. The lowest BCUT2D eigenvalue weighted by atomic mass is 10.1. The molecule has 0 unspecified atom stereocenters. The topological polar surface area (TPSA) is 81.5 Å². The van der Waals surface area contributed by atoms with Gasteiger partial charge in [0, 0.05) is 45.3 Å². The number of hydrogen-bond donors (Lipinski definition) is 1. The standard InChI is InChI=1S/C18H25N5O2/c19-11-15-1-2-17(20-12-15)21-13-16-3-5-22(14-16)6-4-18(24)23-7-9-25-10-8-23/h1-2,12,16H,3-10,13-14H2,(H,20,21)/t16-/m0/s1. The van der Waals surface area contributed by atoms with E-state index in [1.165, 1.54) is 0 Å². The van der Waals surface area contributed by atoms with Gasteiger partial charge < -0.3 is 19.9 Å². The van der Waals surface area contributed by atoms with Crippen LogP contribution >= 0.6 is 0 Å². The van der Waals surface area contributed by atoms with Gasteiger partial charge in [0.25, 0.3) is 0 Å². The Labute approximate surface area is 148 Å². The lowest BCUT2D eigenvalue weighted by Gasteiger charge is -2.27. The molecule has 2 saturated heterocycles. The van der Waals surface area contributed by atoms with Crippen molar-refractivity contribution in [2.45, 2.75) is 12.8 Å². The number of hydrogen-bond acceptors (Lipinski definition) is 6. The van der Waals surface area contributed by atoms with Gasteiger partial charge in [-0.3, -0.25) is 4.79 Å². The molecule has 1 aromatic heterocycles. The number of nitriles is 1. The number of ether oxygens (including phenoxy) is 1. The Morgan fingerprint density at radius 1 is 1.36 bits per heavy atom. The van der Waals surface area contributed by atoms with Gasteiger partial charge in [-0.1, -0.05) is 0 Å². The van der Waals surface area contributed by atoms with Crippen LogP contribution in [0.2, 0.25) is 0 Å². The molecule has 134 valence electrons. The monoisotopic (exact) mass is 343 g/mol. The highest BCUT2D eigenvalue weighted by atomic mass is 16.5. The van der Waals surface area contributed by atoms with E-state index in [0.717, 1.165) is 51.5 Å². The molecule has 0 bridgehead atoms. The average molecular weight is 343 g/mol. The second-order valence-electron chi connectivity index (χ2n) is 6.62. The number of anilines is 1. The molecular formula is C18H25N5O2. The van der Waals surface area contributed by atoms with E-state index in [9.17, 15) is 4.79 Å². The Hall–Kier alpha value is -2.17. The molecule has 1 amide bonds. The second-order valence-corrected chi connectivity index (χ2v) is 6.62. The molecule has 0 aromatic carbocycles. The Bertz CT molecular complexity index is 607. The van der Waals surface area contributed by atoms with Crippen LogP contribution in [0, 0.1) is 17.2 Å². The zero-order valence-corrected chi connectivity index (χ0v) is 14.5. The fourth-order valence-corrected chi connectivity index (χ4v) is 3.32. The first kappa shape index (κ1) is 17.6. The molecule has 2 aliphatic heterocycles. The summed E-state index contributed by atoms with van der Waals surface area (Å²) in [5, 5.41) is 12.1. The van der Waals surface area contributed by atoms with Crippen molar-refractivity contribution in [3.63, 3.8) is 0 Å². The molecule has 2 fully saturated rings. The molecule has 7 heteroatoms. The SMILES string of the molecule is N#Cc1ccc(NC[C@@H]2CCN(CCC(=O)N3CCOCC3)C2)nc1. The van der Waals surface area contributed by atoms with Gasteiger partial charge in [0.15, 0.2) is 0 Å². The summed E-state index contributed by atoms with van der Waals surface area (Å²) in [6.07, 6.45) is 3.31. The molecule has 1 atom stereocenters. The van der Waals surface area contributed by atoms with Crippen molar-refractivity contribution in [2.24, 2.45) is 5.92 Å². The first-order valence-corrected chi connectivity index (χ1v) is 8.92. The minimum atomic E-state index is 0.242. The number of morpholine rings is 1. The van der Waals surface area contributed by atoms with E-state index in [0.29, 0.717) is 31.1 Å². The summed E-state index contributed by atoms with van der Waals surface area (Å²) >= 11 is 0. The summed E-state index contributed by atoms with van der Waals surface area (Å²) < 4.78 is 5.29. The molecule has 3 heterocycles. The fraction of sp³-hybridized carbons (Fsp3) is 0.611. The number of carbonyl (C=O) groups excluding carboxylic acids is 1. The molecule has 1 aromatic rings. The van der Waals surface area contributed by atoms with Gasteiger partial charge in [-0.25, -0.2) is 4.98 Å². The van der Waals surface area contributed by atoms with Gasteiger partial charge in [-0.05, 0) is 31.0 Å². The Morgan fingerprint density at radius 3 is 2.92 bits per heavy atom. The van der Waals surface area contributed by atoms with Crippen LogP contribution in [0.3, 0.4) is 0 Å². The van der Waals surface area contributed by atoms with Crippen LogP contribution in [0.1, 0.15) is 18.4 Å². The summed E-state index contributed by atoms with van der Waals surface area (Å²) in [7, 11) is 0. The maximum Gasteiger partial charge on any atom is 0.224 e. The number of aromatic nitrogens is 1. The third kappa shape index (κ3) is 5.15. The Kier molecular flexibility index (Phi) is 6.20. The molecule has 1 N–H and O–H groups in total. The molecule has 7 nitrogen and oxygen atoms in total. The van der Waals surface area contributed by atoms with Gasteiger partial charge in [0.05, 0.1) is 18.8 Å². The normalized spacial score (nSPS) is 21.1. The number of amides is 1. The average Bonchev–Trinajstić information content (AvgIpc) is 3.13. The van der Waals surface area contributed by atoms with E-state index < -0.39 is 0 Å². The zero-order valence-electron chi connectivity index (χ0n) is 14.5. The first-order chi connectivity index (χ1) is 12.2. The highest BCUT2D eigenvalue weighted by molar-refractivity contribution is 5.76. The Balaban J connectivity index is 1.35. The molecule has 2 aliphatic rings. The van der Waals surface area contributed by atoms with Gasteiger partial charge in [0.2, 0.25) is 5.91 Å². The van der Waals surface area contributed by atoms with Crippen molar-refractivity contribution in [3.05, 3.63) is 23.9 Å². The minimum absolute atomic E-state index is 0.242. The maximum absolute atomic E-state index is 12.2. The zero-order chi connectivity index (χ0) is 17.5. The largest absolute Gasteiger partial charge is 0.378 e. The highest BCUT2D eigenvalue weighted by Gasteiger charge is 2.24. The van der Waals surface area contributed by atoms with Gasteiger partial charge in [-0.2, -0.15) is 5.26 Å². The minimum Gasteiger partial charge on any atom is -0.378 e. The van der Waals surface area contributed by atoms with Crippen molar-refractivity contribution in [1.82, 2.24) is 14.8 Å². The van der Waals surface area contributed by atoms with Crippen LogP contribution in [0.4, 0.5) is 5.82 Å². The van der Waals surface area contributed by atoms with Gasteiger partial charge in [0.1, 0.15) is 11.9 Å². The summed E-state index contributed by atoms with van der Waals surface area (Å²) in [5.41, 5.74) is 0.572. The Morgan fingerprint density at radius 2 is 2.20 bits per heavy atom. The third-order valence-electron chi connectivity index (χ3n) is 4.84. The number of nitrogens with one attached hydrogen (secondary N) is 1. The molecular weight excluding hydrogens is 318 g/mol. The predicted octanol–water partition coefficient (Wildman–Crippen LogP) is 0.936. The van der Waals surface area contributed by atoms with E-state index >= 15 is 0 Å². The van der Waals surface area contributed by atoms with Crippen molar-refractivity contribution in [1.29, 1.82) is 5.26 Å². The predicted molar refractivity (Wildman–Crippen MR) is 94.0 cm³/mol. The van der Waals surface area contributed by atoms with Crippen LogP contribution < -0.4 is 5.32 Å². The van der Waals surface area contributed by atoms with E-state index in [2.05, 4.69) is 21.3 Å². The lowest BCUT2D eigenvalue weighted by molar-refractivity contribution is -0.135. The van der Waals surface area contributed by atoms with Crippen molar-refractivity contribution < 1.29 is 9.53 Å². The van der Waals surface area contributed by atoms with E-state index in [4.69, 9.17) is 10.00 Å². The quantitative estimate of drug-likeness (QED) is 0.828. The van der Waals surface area contributed by atoms with Crippen LogP contribution in [-0.2, 0) is 9.53 Å². The molecule has 25 heavy (non-hydrogen) atoms. The summed E-state index contributed by atoms with van der Waals surface area (Å²) in [6, 6.07) is 5.68. The smallest absolute Gasteiger partial charge is 0.224 e. The summed E-state index contributed by atoms with van der Waals surface area (Å²) in [6.45, 7) is 6.53. The number of carbonyl (C=O) groups is 1.